The van der Waals surface area contributed by atoms with Crippen molar-refractivity contribution in [1.29, 1.82) is 5.26 Å². The zero-order chi connectivity index (χ0) is 15.6. The Labute approximate surface area is 127 Å². The van der Waals surface area contributed by atoms with Crippen LogP contribution in [0, 0.1) is 23.0 Å². The molecule has 0 saturated heterocycles. The molecule has 0 radical (unpaired) electrons. The van der Waals surface area contributed by atoms with Gasteiger partial charge < -0.3 is 0 Å². The first-order chi connectivity index (χ1) is 9.85. The molecule has 1 aromatic heterocycles. The average Bonchev–Trinajstić information content (AvgIpc) is 2.44. The number of hydrogen-bond donors (Lipinski definition) is 1. The second-order valence-electron chi connectivity index (χ2n) is 3.81. The van der Waals surface area contributed by atoms with Crippen LogP contribution in [0.3, 0.4) is 0 Å². The van der Waals surface area contributed by atoms with E-state index in [1.54, 1.807) is 6.07 Å². The first kappa shape index (κ1) is 15.3. The van der Waals surface area contributed by atoms with Crippen LogP contribution in [0.2, 0.25) is 0 Å². The van der Waals surface area contributed by atoms with Gasteiger partial charge in [0.1, 0.15) is 22.6 Å². The van der Waals surface area contributed by atoms with Crippen LogP contribution < -0.4 is 4.72 Å². The number of sulfonamides is 1. The average molecular weight is 374 g/mol. The molecule has 0 amide bonds. The maximum absolute atomic E-state index is 13.6. The van der Waals surface area contributed by atoms with E-state index in [-0.39, 0.29) is 10.2 Å². The molecule has 1 aromatic carbocycles. The molecule has 1 N–H and O–H groups in total. The zero-order valence-corrected chi connectivity index (χ0v) is 12.5. The maximum Gasteiger partial charge on any atom is 0.264 e. The van der Waals surface area contributed by atoms with Crippen molar-refractivity contribution in [1.82, 2.24) is 4.98 Å². The highest BCUT2D eigenvalue weighted by Gasteiger charge is 2.21. The van der Waals surface area contributed by atoms with Gasteiger partial charge in [0.2, 0.25) is 0 Å². The Morgan fingerprint density at radius 2 is 2.00 bits per heavy atom. The van der Waals surface area contributed by atoms with Crippen molar-refractivity contribution in [3.63, 3.8) is 0 Å². The summed E-state index contributed by atoms with van der Waals surface area (Å²) in [7, 11) is -4.23. The highest BCUT2D eigenvalue weighted by Crippen LogP contribution is 2.26. The molecule has 1 heterocycles. The number of hydrogen-bond acceptors (Lipinski definition) is 4. The molecule has 0 spiro atoms. The first-order valence-electron chi connectivity index (χ1n) is 5.37. The van der Waals surface area contributed by atoms with E-state index in [1.807, 2.05) is 4.72 Å². The Morgan fingerprint density at radius 3 is 2.67 bits per heavy atom. The van der Waals surface area contributed by atoms with Crippen LogP contribution in [-0.4, -0.2) is 13.4 Å². The minimum absolute atomic E-state index is 0.103. The second kappa shape index (κ2) is 5.75. The van der Waals surface area contributed by atoms with Gasteiger partial charge in [-0.2, -0.15) is 5.26 Å². The van der Waals surface area contributed by atoms with Gasteiger partial charge in [0.15, 0.2) is 5.69 Å². The van der Waals surface area contributed by atoms with Crippen LogP contribution in [-0.2, 0) is 10.0 Å². The summed E-state index contributed by atoms with van der Waals surface area (Å²) in [6, 6.07) is 5.60. The van der Waals surface area contributed by atoms with Gasteiger partial charge in [0.05, 0.1) is 10.2 Å². The topological polar surface area (TPSA) is 82.8 Å². The summed E-state index contributed by atoms with van der Waals surface area (Å²) in [6.07, 6.45) is 1.26. The normalized spacial score (nSPS) is 11.0. The summed E-state index contributed by atoms with van der Waals surface area (Å²) in [5.74, 6) is -1.95. The fourth-order valence-electron chi connectivity index (χ4n) is 1.49. The molecule has 9 heteroatoms. The molecule has 0 unspecified atom stereocenters. The van der Waals surface area contributed by atoms with E-state index in [9.17, 15) is 17.2 Å². The summed E-state index contributed by atoms with van der Waals surface area (Å²) >= 11 is 2.83. The van der Waals surface area contributed by atoms with Gasteiger partial charge in [-0.1, -0.05) is 0 Å². The molecule has 5 nitrogen and oxygen atoms in total. The summed E-state index contributed by atoms with van der Waals surface area (Å²) in [5.41, 5.74) is -0.775. The van der Waals surface area contributed by atoms with Gasteiger partial charge in [0.25, 0.3) is 10.0 Å². The quantitative estimate of drug-likeness (QED) is 0.838. The molecular formula is C12H6BrF2N3O2S. The summed E-state index contributed by atoms with van der Waals surface area (Å²) in [6.45, 7) is 0. The van der Waals surface area contributed by atoms with E-state index in [4.69, 9.17) is 5.26 Å². The van der Waals surface area contributed by atoms with Crippen LogP contribution in [0.25, 0.3) is 0 Å². The van der Waals surface area contributed by atoms with E-state index in [2.05, 4.69) is 20.9 Å². The van der Waals surface area contributed by atoms with Crippen molar-refractivity contribution in [2.75, 3.05) is 4.72 Å². The summed E-state index contributed by atoms with van der Waals surface area (Å²) in [4.78, 5) is 3.22. The largest absolute Gasteiger partial charge is 0.277 e. The van der Waals surface area contributed by atoms with Gasteiger partial charge in [0, 0.05) is 12.3 Å². The predicted octanol–water partition coefficient (Wildman–Crippen LogP) is 2.79. The third-order valence-electron chi connectivity index (χ3n) is 2.42. The third kappa shape index (κ3) is 3.17. The van der Waals surface area contributed by atoms with Crippen molar-refractivity contribution >= 4 is 31.6 Å². The Balaban J connectivity index is 2.48. The van der Waals surface area contributed by atoms with Crippen molar-refractivity contribution in [3.8, 4) is 6.07 Å². The SMILES string of the molecule is N#Cc1ncccc1S(=O)(=O)Nc1cc(Br)c(F)cc1F. The van der Waals surface area contributed by atoms with Crippen molar-refractivity contribution in [2.45, 2.75) is 4.90 Å². The summed E-state index contributed by atoms with van der Waals surface area (Å²) < 4.78 is 52.9. The van der Waals surface area contributed by atoms with Crippen LogP contribution >= 0.6 is 15.9 Å². The lowest BCUT2D eigenvalue weighted by Gasteiger charge is -2.10. The van der Waals surface area contributed by atoms with E-state index >= 15 is 0 Å². The second-order valence-corrected chi connectivity index (χ2v) is 6.32. The minimum Gasteiger partial charge on any atom is -0.277 e. The monoisotopic (exact) mass is 373 g/mol. The van der Waals surface area contributed by atoms with Crippen LogP contribution in [0.4, 0.5) is 14.5 Å². The molecule has 0 aliphatic rings. The highest BCUT2D eigenvalue weighted by atomic mass is 79.9. The molecule has 0 atom stereocenters. The van der Waals surface area contributed by atoms with Gasteiger partial charge in [-0.05, 0) is 34.1 Å². The Bertz CT molecular complexity index is 850. The number of halogens is 3. The molecule has 0 fully saturated rings. The van der Waals surface area contributed by atoms with Crippen molar-refractivity contribution in [2.24, 2.45) is 0 Å². The lowest BCUT2D eigenvalue weighted by molar-refractivity contribution is 0.579. The molecule has 0 aliphatic heterocycles. The van der Waals surface area contributed by atoms with Gasteiger partial charge in [-0.25, -0.2) is 22.2 Å². The van der Waals surface area contributed by atoms with E-state index in [1.165, 1.54) is 12.3 Å². The summed E-state index contributed by atoms with van der Waals surface area (Å²) in [5, 5.41) is 8.85. The number of anilines is 1. The fourth-order valence-corrected chi connectivity index (χ4v) is 3.00. The highest BCUT2D eigenvalue weighted by molar-refractivity contribution is 9.10. The molecule has 0 bridgehead atoms. The standard InChI is InChI=1S/C12H6BrF2N3O2S/c13-7-4-10(9(15)5-8(7)14)18-21(19,20)12-2-1-3-17-11(12)6-16/h1-5,18H. The number of rotatable bonds is 3. The van der Waals surface area contributed by atoms with Crippen LogP contribution in [0.5, 0.6) is 0 Å². The van der Waals surface area contributed by atoms with Crippen LogP contribution in [0.1, 0.15) is 5.69 Å². The van der Waals surface area contributed by atoms with Crippen molar-refractivity contribution in [3.05, 3.63) is 52.3 Å². The molecule has 2 rings (SSSR count). The molecule has 21 heavy (non-hydrogen) atoms. The molecule has 2 aromatic rings. The number of aromatic nitrogens is 1. The number of nitrogens with one attached hydrogen (secondary N) is 1. The fraction of sp³-hybridized carbons (Fsp3) is 0. The number of nitrogens with zero attached hydrogens (tertiary/aromatic N) is 2. The number of nitriles is 1. The van der Waals surface area contributed by atoms with E-state index < -0.39 is 32.2 Å². The van der Waals surface area contributed by atoms with Gasteiger partial charge in [-0.15, -0.1) is 0 Å². The number of pyridine rings is 1. The Hall–Kier alpha value is -2.05. The lowest BCUT2D eigenvalue weighted by atomic mass is 10.3. The van der Waals surface area contributed by atoms with E-state index in [0.717, 1.165) is 12.1 Å². The maximum atomic E-state index is 13.6. The molecule has 0 saturated carbocycles. The van der Waals surface area contributed by atoms with E-state index in [0.29, 0.717) is 6.07 Å². The molecular weight excluding hydrogens is 368 g/mol. The Kier molecular flexibility index (Phi) is 4.20. The third-order valence-corrected chi connectivity index (χ3v) is 4.43. The predicted molar refractivity (Wildman–Crippen MR) is 73.8 cm³/mol. The first-order valence-corrected chi connectivity index (χ1v) is 7.65. The van der Waals surface area contributed by atoms with Gasteiger partial charge in [-0.3, -0.25) is 4.72 Å². The smallest absolute Gasteiger partial charge is 0.264 e. The molecule has 108 valence electrons. The number of benzene rings is 1. The lowest BCUT2D eigenvalue weighted by Crippen LogP contribution is -2.16. The minimum atomic E-state index is -4.23. The zero-order valence-electron chi connectivity index (χ0n) is 10.1. The van der Waals surface area contributed by atoms with Crippen LogP contribution in [0.15, 0.2) is 39.8 Å². The van der Waals surface area contributed by atoms with Crippen molar-refractivity contribution < 1.29 is 17.2 Å². The van der Waals surface area contributed by atoms with Gasteiger partial charge >= 0.3 is 0 Å². The Morgan fingerprint density at radius 1 is 1.29 bits per heavy atom. The molecule has 0 aliphatic carbocycles.